The molecule has 0 saturated carbocycles. The number of rotatable bonds is 2. The van der Waals surface area contributed by atoms with Crippen molar-refractivity contribution in [3.63, 3.8) is 0 Å². The van der Waals surface area contributed by atoms with Crippen molar-refractivity contribution in [2.45, 2.75) is 6.92 Å². The molecule has 5 heteroatoms. The Balaban J connectivity index is 2.88. The van der Waals surface area contributed by atoms with Crippen molar-refractivity contribution in [3.05, 3.63) is 16.5 Å². The van der Waals surface area contributed by atoms with Crippen molar-refractivity contribution in [3.8, 4) is 6.07 Å². The molecule has 3 nitrogen and oxygen atoms in total. The predicted molar refractivity (Wildman–Crippen MR) is 53.1 cm³/mol. The number of aryl methyl sites for hydroxylation is 1. The molecule has 0 fully saturated rings. The van der Waals surface area contributed by atoms with E-state index in [4.69, 9.17) is 16.9 Å². The second kappa shape index (κ2) is 4.26. The Labute approximate surface area is 84.9 Å². The van der Waals surface area contributed by atoms with Gasteiger partial charge in [-0.05, 0) is 13.0 Å². The minimum absolute atomic E-state index is 0.0954. The number of carbonyl (C=O) groups excluding carboxylic acids is 1. The van der Waals surface area contributed by atoms with E-state index < -0.39 is 0 Å². The first kappa shape index (κ1) is 10.0. The lowest BCUT2D eigenvalue weighted by Crippen LogP contribution is -2.12. The number of nitriles is 1. The molecule has 1 aromatic heterocycles. The summed E-state index contributed by atoms with van der Waals surface area (Å²) < 4.78 is 0. The first-order chi connectivity index (χ1) is 6.17. The van der Waals surface area contributed by atoms with Crippen molar-refractivity contribution in [2.24, 2.45) is 0 Å². The summed E-state index contributed by atoms with van der Waals surface area (Å²) in [5.41, 5.74) is 0.487. The Morgan fingerprint density at radius 1 is 1.85 bits per heavy atom. The third-order valence-electron chi connectivity index (χ3n) is 1.35. The fourth-order valence-corrected chi connectivity index (χ4v) is 1.80. The molecule has 13 heavy (non-hydrogen) atoms. The summed E-state index contributed by atoms with van der Waals surface area (Å²) in [5.74, 6) is -0.387. The number of nitrogens with zero attached hydrogens (tertiary/aromatic N) is 1. The highest BCUT2D eigenvalue weighted by molar-refractivity contribution is 7.16. The standard InChI is InChI=1S/C8H7ClN2OS/c1-5-2-6(4-10)8(13-5)11-7(12)3-9/h2H,3H2,1H3,(H,11,12). The van der Waals surface area contributed by atoms with E-state index in [0.717, 1.165) is 4.88 Å². The molecule has 0 aliphatic heterocycles. The predicted octanol–water partition coefficient (Wildman–Crippen LogP) is 2.11. The van der Waals surface area contributed by atoms with Crippen LogP contribution in [0.5, 0.6) is 0 Å². The number of hydrogen-bond acceptors (Lipinski definition) is 3. The van der Waals surface area contributed by atoms with Gasteiger partial charge >= 0.3 is 0 Å². The van der Waals surface area contributed by atoms with Gasteiger partial charge in [0, 0.05) is 4.88 Å². The Hall–Kier alpha value is -1.05. The van der Waals surface area contributed by atoms with Crippen molar-refractivity contribution in [1.29, 1.82) is 5.26 Å². The van der Waals surface area contributed by atoms with Gasteiger partial charge < -0.3 is 5.32 Å². The van der Waals surface area contributed by atoms with Gasteiger partial charge in [0.15, 0.2) is 0 Å². The van der Waals surface area contributed by atoms with Gasteiger partial charge in [-0.1, -0.05) is 0 Å². The number of halogens is 1. The summed E-state index contributed by atoms with van der Waals surface area (Å²) >= 11 is 6.68. The smallest absolute Gasteiger partial charge is 0.239 e. The highest BCUT2D eigenvalue weighted by Gasteiger charge is 2.08. The van der Waals surface area contributed by atoms with Gasteiger partial charge in [-0.15, -0.1) is 22.9 Å². The normalized spacial score (nSPS) is 9.31. The summed E-state index contributed by atoms with van der Waals surface area (Å²) in [6, 6.07) is 3.73. The lowest BCUT2D eigenvalue weighted by molar-refractivity contribution is -0.113. The van der Waals surface area contributed by atoms with Crippen LogP contribution in [0, 0.1) is 18.3 Å². The Bertz CT molecular complexity index is 367. The van der Waals surface area contributed by atoms with Gasteiger partial charge in [0.2, 0.25) is 5.91 Å². The Morgan fingerprint density at radius 3 is 3.08 bits per heavy atom. The van der Waals surface area contributed by atoms with Gasteiger partial charge in [-0.2, -0.15) is 5.26 Å². The fraction of sp³-hybridized carbons (Fsp3) is 0.250. The SMILES string of the molecule is Cc1cc(C#N)c(NC(=O)CCl)s1. The lowest BCUT2D eigenvalue weighted by Gasteiger charge is -1.97. The van der Waals surface area contributed by atoms with Gasteiger partial charge in [0.05, 0.1) is 5.56 Å². The molecule has 0 radical (unpaired) electrons. The van der Waals surface area contributed by atoms with E-state index in [9.17, 15) is 4.79 Å². The number of alkyl halides is 1. The highest BCUT2D eigenvalue weighted by Crippen LogP contribution is 2.26. The first-order valence-corrected chi connectivity index (χ1v) is 4.89. The average molecular weight is 215 g/mol. The monoisotopic (exact) mass is 214 g/mol. The number of amides is 1. The van der Waals surface area contributed by atoms with Gasteiger partial charge in [-0.25, -0.2) is 0 Å². The number of thiophene rings is 1. The van der Waals surface area contributed by atoms with E-state index >= 15 is 0 Å². The minimum Gasteiger partial charge on any atom is -0.316 e. The molecule has 0 aliphatic carbocycles. The van der Waals surface area contributed by atoms with Crippen molar-refractivity contribution in [1.82, 2.24) is 0 Å². The maximum Gasteiger partial charge on any atom is 0.239 e. The molecule has 1 amide bonds. The maximum absolute atomic E-state index is 10.9. The number of nitrogens with one attached hydrogen (secondary N) is 1. The second-order valence-electron chi connectivity index (χ2n) is 2.39. The van der Waals surface area contributed by atoms with Crippen LogP contribution in [0.2, 0.25) is 0 Å². The summed E-state index contributed by atoms with van der Waals surface area (Å²) in [7, 11) is 0. The molecule has 1 heterocycles. The van der Waals surface area contributed by atoms with Crippen LogP contribution < -0.4 is 5.32 Å². The van der Waals surface area contributed by atoms with Crippen LogP contribution in [-0.2, 0) is 4.79 Å². The van der Waals surface area contributed by atoms with Crippen molar-refractivity contribution in [2.75, 3.05) is 11.2 Å². The van der Waals surface area contributed by atoms with Gasteiger partial charge in [-0.3, -0.25) is 4.79 Å². The molecule has 0 aliphatic rings. The Kier molecular flexibility index (Phi) is 3.29. The topological polar surface area (TPSA) is 52.9 Å². The van der Waals surface area contributed by atoms with Crippen LogP contribution >= 0.6 is 22.9 Å². The number of anilines is 1. The zero-order chi connectivity index (χ0) is 9.84. The quantitative estimate of drug-likeness (QED) is 0.767. The fourth-order valence-electron chi connectivity index (χ4n) is 0.850. The minimum atomic E-state index is -0.292. The number of hydrogen-bond donors (Lipinski definition) is 1. The van der Waals surface area contributed by atoms with Crippen molar-refractivity contribution < 1.29 is 4.79 Å². The van der Waals surface area contributed by atoms with E-state index in [1.807, 2.05) is 13.0 Å². The molecule has 1 rings (SSSR count). The highest BCUT2D eigenvalue weighted by atomic mass is 35.5. The van der Waals surface area contributed by atoms with E-state index in [-0.39, 0.29) is 11.8 Å². The van der Waals surface area contributed by atoms with E-state index in [0.29, 0.717) is 10.6 Å². The maximum atomic E-state index is 10.9. The summed E-state index contributed by atoms with van der Waals surface area (Å²) in [5, 5.41) is 11.8. The van der Waals surface area contributed by atoms with Crippen molar-refractivity contribution >= 4 is 33.8 Å². The lowest BCUT2D eigenvalue weighted by atomic mass is 10.3. The molecule has 0 atom stereocenters. The van der Waals surface area contributed by atoms with Crippen LogP contribution in [0.25, 0.3) is 0 Å². The first-order valence-electron chi connectivity index (χ1n) is 3.53. The average Bonchev–Trinajstić information content (AvgIpc) is 2.46. The Morgan fingerprint density at radius 2 is 2.54 bits per heavy atom. The van der Waals surface area contributed by atoms with E-state index in [2.05, 4.69) is 5.32 Å². The molecule has 0 spiro atoms. The molecule has 68 valence electrons. The number of carbonyl (C=O) groups is 1. The summed E-state index contributed by atoms with van der Waals surface area (Å²) in [4.78, 5) is 11.9. The molecule has 1 N–H and O–H groups in total. The molecule has 0 unspecified atom stereocenters. The van der Waals surface area contributed by atoms with Gasteiger partial charge in [0.1, 0.15) is 17.0 Å². The third kappa shape index (κ3) is 2.44. The van der Waals surface area contributed by atoms with Crippen LogP contribution in [-0.4, -0.2) is 11.8 Å². The largest absolute Gasteiger partial charge is 0.316 e. The van der Waals surface area contributed by atoms with Crippen LogP contribution in [0.1, 0.15) is 10.4 Å². The zero-order valence-electron chi connectivity index (χ0n) is 6.93. The molecular formula is C8H7ClN2OS. The second-order valence-corrected chi connectivity index (χ2v) is 3.92. The summed E-state index contributed by atoms with van der Waals surface area (Å²) in [6.45, 7) is 1.88. The van der Waals surface area contributed by atoms with Crippen LogP contribution in [0.3, 0.4) is 0 Å². The van der Waals surface area contributed by atoms with Crippen LogP contribution in [0.4, 0.5) is 5.00 Å². The van der Waals surface area contributed by atoms with E-state index in [1.165, 1.54) is 11.3 Å². The molecule has 0 aromatic carbocycles. The van der Waals surface area contributed by atoms with E-state index in [1.54, 1.807) is 6.07 Å². The third-order valence-corrected chi connectivity index (χ3v) is 2.56. The molecular weight excluding hydrogens is 208 g/mol. The summed E-state index contributed by atoms with van der Waals surface area (Å²) in [6.07, 6.45) is 0. The molecule has 0 saturated heterocycles. The molecule has 1 aromatic rings. The van der Waals surface area contributed by atoms with Gasteiger partial charge in [0.25, 0.3) is 0 Å². The molecule has 0 bridgehead atoms. The zero-order valence-corrected chi connectivity index (χ0v) is 8.50. The van der Waals surface area contributed by atoms with Crippen LogP contribution in [0.15, 0.2) is 6.07 Å².